The largest absolute Gasteiger partial charge is 0.422 e. The van der Waals surface area contributed by atoms with E-state index in [1.54, 1.807) is 29.5 Å². The molecule has 2 amide bonds. The third kappa shape index (κ3) is 3.90. The zero-order chi connectivity index (χ0) is 21.4. The predicted octanol–water partition coefficient (Wildman–Crippen LogP) is 3.55. The molecule has 2 fully saturated rings. The number of thiophene rings is 1. The summed E-state index contributed by atoms with van der Waals surface area (Å²) in [5, 5.41) is 2.73. The minimum absolute atomic E-state index is 0.0536. The Kier molecular flexibility index (Phi) is 5.36. The number of hydrogen-bond donors (Lipinski definition) is 0. The van der Waals surface area contributed by atoms with Gasteiger partial charge in [-0.05, 0) is 48.8 Å². The molecule has 0 N–H and O–H groups in total. The lowest BCUT2D eigenvalue weighted by Gasteiger charge is -2.47. The summed E-state index contributed by atoms with van der Waals surface area (Å²) in [7, 11) is 0. The number of hydrogen-bond acceptors (Lipinski definition) is 5. The first-order valence-corrected chi connectivity index (χ1v) is 11.6. The normalized spacial score (nSPS) is 21.2. The lowest BCUT2D eigenvalue weighted by molar-refractivity contribution is -0.133. The summed E-state index contributed by atoms with van der Waals surface area (Å²) in [4.78, 5) is 43.4. The Hall–Kier alpha value is -2.93. The minimum Gasteiger partial charge on any atom is -0.422 e. The molecule has 4 heterocycles. The van der Waals surface area contributed by atoms with Crippen molar-refractivity contribution in [1.29, 1.82) is 0 Å². The monoisotopic (exact) mass is 436 g/mol. The number of para-hydroxylation sites is 1. The number of nitrogens with zero attached hydrogens (tertiary/aromatic N) is 2. The molecule has 160 valence electrons. The molecule has 2 aliphatic heterocycles. The van der Waals surface area contributed by atoms with Crippen LogP contribution in [0.5, 0.6) is 0 Å². The third-order valence-corrected chi connectivity index (χ3v) is 7.34. The zero-order valence-corrected chi connectivity index (χ0v) is 18.0. The summed E-state index contributed by atoms with van der Waals surface area (Å²) in [6, 6.07) is 12.9. The van der Waals surface area contributed by atoms with Gasteiger partial charge in [0, 0.05) is 35.9 Å². The predicted molar refractivity (Wildman–Crippen MR) is 119 cm³/mol. The Balaban J connectivity index is 1.33. The van der Waals surface area contributed by atoms with Gasteiger partial charge in [-0.25, -0.2) is 4.79 Å². The number of fused-ring (bicyclic) bond motifs is 2. The van der Waals surface area contributed by atoms with E-state index in [0.717, 1.165) is 29.5 Å². The number of likely N-dealkylation sites (tertiary alicyclic amines) is 2. The second-order valence-electron chi connectivity index (χ2n) is 8.34. The van der Waals surface area contributed by atoms with Gasteiger partial charge < -0.3 is 14.2 Å². The second kappa shape index (κ2) is 8.30. The summed E-state index contributed by atoms with van der Waals surface area (Å²) < 4.78 is 5.38. The molecule has 7 heteroatoms. The Bertz CT molecular complexity index is 1170. The number of benzene rings is 1. The van der Waals surface area contributed by atoms with Gasteiger partial charge >= 0.3 is 5.63 Å². The highest BCUT2D eigenvalue weighted by Crippen LogP contribution is 2.32. The molecule has 0 saturated carbocycles. The van der Waals surface area contributed by atoms with Crippen LogP contribution in [0.1, 0.15) is 34.5 Å². The third-order valence-electron chi connectivity index (χ3n) is 6.46. The van der Waals surface area contributed by atoms with E-state index in [2.05, 4.69) is 0 Å². The van der Waals surface area contributed by atoms with Crippen molar-refractivity contribution in [2.75, 3.05) is 19.6 Å². The molecular formula is C24H24N2O4S. The number of carbonyl (C=O) groups excluding carboxylic acids is 2. The van der Waals surface area contributed by atoms with Gasteiger partial charge in [0.05, 0.1) is 6.42 Å². The van der Waals surface area contributed by atoms with Crippen LogP contribution in [-0.2, 0) is 11.2 Å². The van der Waals surface area contributed by atoms with Crippen LogP contribution in [0.2, 0.25) is 0 Å². The number of amides is 2. The molecule has 2 atom stereocenters. The van der Waals surface area contributed by atoms with E-state index in [0.29, 0.717) is 31.6 Å². The van der Waals surface area contributed by atoms with Crippen molar-refractivity contribution in [3.05, 3.63) is 68.7 Å². The van der Waals surface area contributed by atoms with Crippen LogP contribution in [0, 0.1) is 5.92 Å². The van der Waals surface area contributed by atoms with E-state index < -0.39 is 5.63 Å². The second-order valence-corrected chi connectivity index (χ2v) is 9.37. The van der Waals surface area contributed by atoms with E-state index in [-0.39, 0.29) is 29.3 Å². The van der Waals surface area contributed by atoms with Crippen molar-refractivity contribution < 1.29 is 14.0 Å². The zero-order valence-electron chi connectivity index (χ0n) is 17.2. The molecule has 3 aromatic rings. The smallest absolute Gasteiger partial charge is 0.349 e. The molecule has 0 unspecified atom stereocenters. The first-order valence-electron chi connectivity index (χ1n) is 10.7. The lowest BCUT2D eigenvalue weighted by atomic mass is 9.83. The van der Waals surface area contributed by atoms with Crippen LogP contribution in [0.3, 0.4) is 0 Å². The first-order chi connectivity index (χ1) is 15.1. The molecule has 2 saturated heterocycles. The van der Waals surface area contributed by atoms with Gasteiger partial charge in [-0.2, -0.15) is 0 Å². The Morgan fingerprint density at radius 2 is 1.97 bits per heavy atom. The Morgan fingerprint density at radius 1 is 1.10 bits per heavy atom. The first kappa shape index (κ1) is 20.0. The molecule has 5 rings (SSSR count). The molecule has 0 spiro atoms. The molecular weight excluding hydrogens is 412 g/mol. The van der Waals surface area contributed by atoms with Crippen molar-refractivity contribution in [2.24, 2.45) is 5.92 Å². The molecule has 31 heavy (non-hydrogen) atoms. The Labute approximate surface area is 184 Å². The quantitative estimate of drug-likeness (QED) is 0.589. The van der Waals surface area contributed by atoms with Crippen LogP contribution in [-0.4, -0.2) is 47.3 Å². The van der Waals surface area contributed by atoms with Crippen molar-refractivity contribution in [3.63, 3.8) is 0 Å². The highest BCUT2D eigenvalue weighted by atomic mass is 32.1. The summed E-state index contributed by atoms with van der Waals surface area (Å²) >= 11 is 1.60. The molecule has 0 bridgehead atoms. The molecule has 6 nitrogen and oxygen atoms in total. The molecule has 1 aromatic carbocycles. The van der Waals surface area contributed by atoms with E-state index in [1.807, 2.05) is 39.4 Å². The maximum Gasteiger partial charge on any atom is 0.349 e. The average molecular weight is 437 g/mol. The standard InChI is InChI=1S/C24H24N2O4S/c27-22(14-18-7-4-12-31-18)25-11-9-20-17(15-25)6-3-10-26(20)23(28)19-13-16-5-1-2-8-21(16)30-24(19)29/h1-2,4-5,7-8,12-13,17,20H,3,6,9-11,14-15H2/t17-,20+/m1/s1. The molecule has 0 aliphatic carbocycles. The maximum absolute atomic E-state index is 13.3. The van der Waals surface area contributed by atoms with Crippen molar-refractivity contribution in [1.82, 2.24) is 9.80 Å². The van der Waals surface area contributed by atoms with Gasteiger partial charge in [0.15, 0.2) is 0 Å². The molecule has 2 aromatic heterocycles. The summed E-state index contributed by atoms with van der Waals surface area (Å²) in [5.41, 5.74) is -0.0110. The highest BCUT2D eigenvalue weighted by Gasteiger charge is 2.40. The maximum atomic E-state index is 13.3. The van der Waals surface area contributed by atoms with E-state index >= 15 is 0 Å². The van der Waals surface area contributed by atoms with Gasteiger partial charge in [0.2, 0.25) is 5.91 Å². The fourth-order valence-electron chi connectivity index (χ4n) is 4.92. The van der Waals surface area contributed by atoms with Crippen LogP contribution in [0.4, 0.5) is 0 Å². The van der Waals surface area contributed by atoms with Gasteiger partial charge in [-0.3, -0.25) is 9.59 Å². The summed E-state index contributed by atoms with van der Waals surface area (Å²) in [6.07, 6.45) is 3.05. The van der Waals surface area contributed by atoms with E-state index in [1.165, 1.54) is 0 Å². The fourth-order valence-corrected chi connectivity index (χ4v) is 5.62. The number of piperidine rings is 2. The molecule has 0 radical (unpaired) electrons. The van der Waals surface area contributed by atoms with Crippen molar-refractivity contribution in [2.45, 2.75) is 31.7 Å². The Morgan fingerprint density at radius 3 is 2.81 bits per heavy atom. The summed E-state index contributed by atoms with van der Waals surface area (Å²) in [5.74, 6) is 0.137. The summed E-state index contributed by atoms with van der Waals surface area (Å²) in [6.45, 7) is 1.95. The van der Waals surface area contributed by atoms with Gasteiger partial charge in [0.1, 0.15) is 11.1 Å². The van der Waals surface area contributed by atoms with Crippen LogP contribution < -0.4 is 5.63 Å². The van der Waals surface area contributed by atoms with Crippen LogP contribution in [0.15, 0.2) is 57.1 Å². The lowest BCUT2D eigenvalue weighted by Crippen LogP contribution is -2.57. The van der Waals surface area contributed by atoms with E-state index in [9.17, 15) is 14.4 Å². The van der Waals surface area contributed by atoms with Crippen LogP contribution >= 0.6 is 11.3 Å². The topological polar surface area (TPSA) is 70.8 Å². The van der Waals surface area contributed by atoms with Gasteiger partial charge in [0.25, 0.3) is 5.91 Å². The van der Waals surface area contributed by atoms with Gasteiger partial charge in [-0.15, -0.1) is 11.3 Å². The molecule has 2 aliphatic rings. The fraction of sp³-hybridized carbons (Fsp3) is 0.375. The van der Waals surface area contributed by atoms with E-state index in [4.69, 9.17) is 4.42 Å². The number of rotatable bonds is 3. The average Bonchev–Trinajstić information content (AvgIpc) is 3.30. The highest BCUT2D eigenvalue weighted by molar-refractivity contribution is 7.10. The number of carbonyl (C=O) groups is 2. The van der Waals surface area contributed by atoms with Crippen LogP contribution in [0.25, 0.3) is 11.0 Å². The van der Waals surface area contributed by atoms with Crippen molar-refractivity contribution >= 4 is 34.1 Å². The minimum atomic E-state index is -0.589. The van der Waals surface area contributed by atoms with Crippen molar-refractivity contribution in [3.8, 4) is 0 Å². The SMILES string of the molecule is O=C(Cc1cccs1)N1CC[C@H]2[C@H](CCCN2C(=O)c2cc3ccccc3oc2=O)C1. The van der Waals surface area contributed by atoms with Gasteiger partial charge in [-0.1, -0.05) is 24.3 Å².